The smallest absolute Gasteiger partial charge is 0.206 e. The molecule has 0 radical (unpaired) electrons. The lowest BCUT2D eigenvalue weighted by atomic mass is 9.99. The normalized spacial score (nSPS) is 14.0. The van der Waals surface area contributed by atoms with Crippen LogP contribution in [0.5, 0.6) is 0 Å². The standard InChI is InChI=1S/C19H23N7S3/c1-2-9-27-24-13-5-3-12(4-6-13)15-7-8-16(28-14-10-21-11-14)18(29-20)17(15)19-22-25-26-23-19/h3-8,14,21,24H,2,9-11,20H2,1H3,(H,22,23,25,26). The van der Waals surface area contributed by atoms with Crippen LogP contribution in [0.25, 0.3) is 22.5 Å². The van der Waals surface area contributed by atoms with Gasteiger partial charge in [-0.15, -0.1) is 22.0 Å². The molecule has 10 heteroatoms. The van der Waals surface area contributed by atoms with Crippen molar-refractivity contribution in [3.8, 4) is 22.5 Å². The highest BCUT2D eigenvalue weighted by molar-refractivity contribution is 8.02. The molecular weight excluding hydrogens is 422 g/mol. The van der Waals surface area contributed by atoms with E-state index in [4.69, 9.17) is 5.14 Å². The summed E-state index contributed by atoms with van der Waals surface area (Å²) in [6.07, 6.45) is 1.14. The van der Waals surface area contributed by atoms with Gasteiger partial charge >= 0.3 is 0 Å². The van der Waals surface area contributed by atoms with Crippen molar-refractivity contribution in [3.63, 3.8) is 0 Å². The van der Waals surface area contributed by atoms with E-state index in [2.05, 4.69) is 74.0 Å². The van der Waals surface area contributed by atoms with E-state index in [1.165, 1.54) is 11.9 Å². The third kappa shape index (κ3) is 4.72. The van der Waals surface area contributed by atoms with E-state index < -0.39 is 0 Å². The van der Waals surface area contributed by atoms with Crippen molar-refractivity contribution in [2.75, 3.05) is 23.6 Å². The fraction of sp³-hybridized carbons (Fsp3) is 0.316. The van der Waals surface area contributed by atoms with Crippen molar-refractivity contribution in [2.24, 2.45) is 5.14 Å². The molecule has 1 aromatic heterocycles. The van der Waals surface area contributed by atoms with Gasteiger partial charge < -0.3 is 10.0 Å². The molecule has 5 N–H and O–H groups in total. The molecule has 4 rings (SSSR count). The van der Waals surface area contributed by atoms with Crippen molar-refractivity contribution in [1.82, 2.24) is 25.9 Å². The first kappa shape index (κ1) is 20.5. The molecule has 1 aliphatic rings. The Morgan fingerprint density at radius 3 is 2.62 bits per heavy atom. The minimum Gasteiger partial charge on any atom is -0.330 e. The average molecular weight is 446 g/mol. The van der Waals surface area contributed by atoms with Crippen molar-refractivity contribution < 1.29 is 0 Å². The Balaban J connectivity index is 1.70. The first-order chi connectivity index (χ1) is 14.3. The summed E-state index contributed by atoms with van der Waals surface area (Å²) in [7, 11) is 0. The summed E-state index contributed by atoms with van der Waals surface area (Å²) in [5.41, 5.74) is 4.15. The van der Waals surface area contributed by atoms with Gasteiger partial charge in [-0.3, -0.25) is 5.14 Å². The molecule has 0 atom stereocenters. The molecule has 152 valence electrons. The number of benzene rings is 2. The second kappa shape index (κ2) is 9.86. The monoisotopic (exact) mass is 445 g/mol. The van der Waals surface area contributed by atoms with Gasteiger partial charge in [0.1, 0.15) is 0 Å². The Morgan fingerprint density at radius 1 is 1.17 bits per heavy atom. The van der Waals surface area contributed by atoms with E-state index in [0.29, 0.717) is 11.1 Å². The number of thioether (sulfide) groups is 1. The van der Waals surface area contributed by atoms with Crippen LogP contribution in [0.15, 0.2) is 46.2 Å². The number of anilines is 1. The Labute approximate surface area is 183 Å². The number of H-pyrrole nitrogens is 1. The van der Waals surface area contributed by atoms with Gasteiger partial charge in [0, 0.05) is 45.1 Å². The Bertz CT molecular complexity index is 928. The molecule has 0 saturated carbocycles. The quantitative estimate of drug-likeness (QED) is 0.287. The number of aromatic amines is 1. The predicted molar refractivity (Wildman–Crippen MR) is 124 cm³/mol. The number of tetrazole rings is 1. The van der Waals surface area contributed by atoms with Crippen molar-refractivity contribution in [1.29, 1.82) is 0 Å². The molecule has 0 unspecified atom stereocenters. The third-order valence-corrected chi connectivity index (χ3v) is 7.58. The topological polar surface area (TPSA) is 105 Å². The molecule has 2 heterocycles. The molecule has 0 bridgehead atoms. The summed E-state index contributed by atoms with van der Waals surface area (Å²) >= 11 is 4.81. The lowest BCUT2D eigenvalue weighted by molar-refractivity contribution is 0.543. The fourth-order valence-corrected chi connectivity index (χ4v) is 5.50. The summed E-state index contributed by atoms with van der Waals surface area (Å²) in [6, 6.07) is 12.7. The van der Waals surface area contributed by atoms with Gasteiger partial charge in [-0.25, -0.2) is 0 Å². The molecule has 2 aromatic carbocycles. The number of rotatable bonds is 9. The van der Waals surface area contributed by atoms with Gasteiger partial charge in [0.25, 0.3) is 0 Å². The predicted octanol–water partition coefficient (Wildman–Crippen LogP) is 4.03. The number of hydrogen-bond donors (Lipinski definition) is 4. The third-order valence-electron chi connectivity index (χ3n) is 4.54. The zero-order valence-corrected chi connectivity index (χ0v) is 18.5. The van der Waals surface area contributed by atoms with Crippen LogP contribution in [-0.2, 0) is 0 Å². The van der Waals surface area contributed by atoms with Crippen LogP contribution in [0.3, 0.4) is 0 Å². The number of nitrogens with zero attached hydrogens (tertiary/aromatic N) is 3. The minimum atomic E-state index is 0.558. The second-order valence-corrected chi connectivity index (χ2v) is 9.48. The molecule has 7 nitrogen and oxygen atoms in total. The molecule has 0 amide bonds. The van der Waals surface area contributed by atoms with Crippen LogP contribution in [-0.4, -0.2) is 44.7 Å². The summed E-state index contributed by atoms with van der Waals surface area (Å²) in [5, 5.41) is 24.8. The van der Waals surface area contributed by atoms with Crippen LogP contribution in [0.1, 0.15) is 13.3 Å². The van der Waals surface area contributed by atoms with Crippen LogP contribution in [0.2, 0.25) is 0 Å². The molecule has 1 aliphatic heterocycles. The average Bonchev–Trinajstić information content (AvgIpc) is 3.25. The summed E-state index contributed by atoms with van der Waals surface area (Å²) in [6.45, 7) is 4.21. The molecule has 3 aromatic rings. The van der Waals surface area contributed by atoms with Crippen molar-refractivity contribution in [2.45, 2.75) is 28.4 Å². The van der Waals surface area contributed by atoms with E-state index in [-0.39, 0.29) is 0 Å². The molecule has 1 saturated heterocycles. The van der Waals surface area contributed by atoms with Gasteiger partial charge in [0.15, 0.2) is 0 Å². The van der Waals surface area contributed by atoms with Crippen LogP contribution < -0.4 is 15.2 Å². The number of nitrogens with one attached hydrogen (secondary N) is 3. The van der Waals surface area contributed by atoms with Crippen LogP contribution >= 0.6 is 35.7 Å². The molecule has 1 fully saturated rings. The number of aromatic nitrogens is 4. The zero-order chi connectivity index (χ0) is 20.1. The largest absolute Gasteiger partial charge is 0.330 e. The van der Waals surface area contributed by atoms with E-state index in [0.717, 1.165) is 57.4 Å². The summed E-state index contributed by atoms with van der Waals surface area (Å²) < 4.78 is 3.38. The van der Waals surface area contributed by atoms with Gasteiger partial charge in [0.2, 0.25) is 5.82 Å². The van der Waals surface area contributed by atoms with E-state index in [9.17, 15) is 0 Å². The minimum absolute atomic E-state index is 0.558. The highest BCUT2D eigenvalue weighted by Gasteiger charge is 2.24. The van der Waals surface area contributed by atoms with Crippen LogP contribution in [0, 0.1) is 0 Å². The fourth-order valence-electron chi connectivity index (χ4n) is 2.98. The van der Waals surface area contributed by atoms with Crippen molar-refractivity contribution >= 4 is 41.3 Å². The number of hydrogen-bond acceptors (Lipinski definition) is 9. The maximum absolute atomic E-state index is 6.12. The highest BCUT2D eigenvalue weighted by atomic mass is 32.2. The first-order valence-electron chi connectivity index (χ1n) is 9.43. The van der Waals surface area contributed by atoms with Gasteiger partial charge in [-0.2, -0.15) is 5.21 Å². The summed E-state index contributed by atoms with van der Waals surface area (Å²) in [4.78, 5) is 2.14. The van der Waals surface area contributed by atoms with Gasteiger partial charge in [0.05, 0.1) is 0 Å². The lowest BCUT2D eigenvalue weighted by Crippen LogP contribution is -2.44. The molecular formula is C19H23N7S3. The van der Waals surface area contributed by atoms with Gasteiger partial charge in [-0.05, 0) is 52.9 Å². The Hall–Kier alpha value is -1.72. The SMILES string of the molecule is CCCSNc1ccc(-c2ccc(SC3CNC3)c(SN)c2-c2nn[nH]n2)cc1. The van der Waals surface area contributed by atoms with Crippen LogP contribution in [0.4, 0.5) is 5.69 Å². The maximum atomic E-state index is 6.12. The second-order valence-electron chi connectivity index (χ2n) is 6.59. The molecule has 0 spiro atoms. The summed E-state index contributed by atoms with van der Waals surface area (Å²) in [5.74, 6) is 1.64. The molecule has 29 heavy (non-hydrogen) atoms. The highest BCUT2D eigenvalue weighted by Crippen LogP contribution is 2.43. The Morgan fingerprint density at radius 2 is 2.00 bits per heavy atom. The van der Waals surface area contributed by atoms with Crippen molar-refractivity contribution in [3.05, 3.63) is 36.4 Å². The first-order valence-corrected chi connectivity index (χ1v) is 12.2. The van der Waals surface area contributed by atoms with E-state index in [1.54, 1.807) is 11.9 Å². The van der Waals surface area contributed by atoms with E-state index >= 15 is 0 Å². The number of nitrogens with two attached hydrogens (primary N) is 1. The Kier molecular flexibility index (Phi) is 6.98. The molecule has 0 aliphatic carbocycles. The maximum Gasteiger partial charge on any atom is 0.206 e. The zero-order valence-electron chi connectivity index (χ0n) is 16.0. The van der Waals surface area contributed by atoms with Gasteiger partial charge in [-0.1, -0.05) is 37.1 Å². The van der Waals surface area contributed by atoms with E-state index in [1.807, 2.05) is 11.8 Å². The lowest BCUT2D eigenvalue weighted by Gasteiger charge is -2.27.